The summed E-state index contributed by atoms with van der Waals surface area (Å²) in [6.07, 6.45) is 18.2. The van der Waals surface area contributed by atoms with E-state index in [0.29, 0.717) is 0 Å². The molecule has 0 aromatic rings. The monoisotopic (exact) mass is 367 g/mol. The minimum absolute atomic E-state index is 0.356. The number of hydrogen-bond acceptors (Lipinski definition) is 4. The summed E-state index contributed by atoms with van der Waals surface area (Å²) in [5.74, 6) is -0.457. The molecular weight excluding hydrogens is 330 g/mol. The van der Waals surface area contributed by atoms with Crippen molar-refractivity contribution in [3.8, 4) is 0 Å². The number of hydrogen-bond donors (Lipinski definition) is 1. The molecule has 6 heteroatoms. The third kappa shape index (κ3) is 14.8. The van der Waals surface area contributed by atoms with Gasteiger partial charge in [-0.05, 0) is 24.4 Å². The third-order valence-electron chi connectivity index (χ3n) is 4.37. The summed E-state index contributed by atoms with van der Waals surface area (Å²) < 4.78 is 5.11. The van der Waals surface area contributed by atoms with Crippen molar-refractivity contribution < 1.29 is 14.6 Å². The van der Waals surface area contributed by atoms with Gasteiger partial charge in [0.2, 0.25) is 0 Å². The van der Waals surface area contributed by atoms with Crippen LogP contribution in [0.1, 0.15) is 90.9 Å². The molecule has 26 heavy (non-hydrogen) atoms. The smallest absolute Gasteiger partial charge is 0.303 e. The van der Waals surface area contributed by atoms with Gasteiger partial charge in [0.05, 0.1) is 6.61 Å². The SMILES string of the molecule is CCCCCCCCCCCCC/C=C/[C@@H](OC(C)=O)[C@H](CO)N=[N+]=[N-]. The summed E-state index contributed by atoms with van der Waals surface area (Å²) in [4.78, 5) is 13.8. The van der Waals surface area contributed by atoms with E-state index in [9.17, 15) is 9.90 Å². The van der Waals surface area contributed by atoms with E-state index in [4.69, 9.17) is 10.3 Å². The molecule has 0 amide bonds. The van der Waals surface area contributed by atoms with E-state index in [-0.39, 0.29) is 6.61 Å². The summed E-state index contributed by atoms with van der Waals surface area (Å²) in [7, 11) is 0. The molecule has 0 aliphatic rings. The fourth-order valence-electron chi connectivity index (χ4n) is 2.87. The molecule has 0 saturated heterocycles. The summed E-state index contributed by atoms with van der Waals surface area (Å²) in [5.41, 5.74) is 8.52. The first kappa shape index (κ1) is 24.5. The molecule has 0 aliphatic heterocycles. The van der Waals surface area contributed by atoms with Crippen molar-refractivity contribution in [1.29, 1.82) is 0 Å². The van der Waals surface area contributed by atoms with Gasteiger partial charge in [0, 0.05) is 11.8 Å². The Morgan fingerprint density at radius 2 is 1.62 bits per heavy atom. The molecule has 2 atom stereocenters. The largest absolute Gasteiger partial charge is 0.458 e. The number of carbonyl (C=O) groups excluding carboxylic acids is 1. The second-order valence-electron chi connectivity index (χ2n) is 6.78. The second kappa shape index (κ2) is 18.3. The minimum atomic E-state index is -0.780. The van der Waals surface area contributed by atoms with Gasteiger partial charge in [-0.2, -0.15) is 0 Å². The van der Waals surface area contributed by atoms with Gasteiger partial charge in [-0.25, -0.2) is 0 Å². The Hall–Kier alpha value is -1.52. The van der Waals surface area contributed by atoms with Gasteiger partial charge in [-0.15, -0.1) is 0 Å². The van der Waals surface area contributed by atoms with Gasteiger partial charge in [0.1, 0.15) is 12.1 Å². The summed E-state index contributed by atoms with van der Waals surface area (Å²) >= 11 is 0. The second-order valence-corrected chi connectivity index (χ2v) is 6.78. The normalized spacial score (nSPS) is 13.3. The van der Waals surface area contributed by atoms with Crippen LogP contribution in [0.2, 0.25) is 0 Å². The highest BCUT2D eigenvalue weighted by molar-refractivity contribution is 5.66. The molecule has 6 nitrogen and oxygen atoms in total. The molecular formula is C20H37N3O3. The highest BCUT2D eigenvalue weighted by atomic mass is 16.5. The van der Waals surface area contributed by atoms with Gasteiger partial charge >= 0.3 is 5.97 Å². The lowest BCUT2D eigenvalue weighted by Crippen LogP contribution is -2.30. The van der Waals surface area contributed by atoms with Crippen LogP contribution in [0.5, 0.6) is 0 Å². The molecule has 0 unspecified atom stereocenters. The van der Waals surface area contributed by atoms with Gasteiger partial charge in [0.15, 0.2) is 0 Å². The highest BCUT2D eigenvalue weighted by Gasteiger charge is 2.19. The standard InChI is InChI=1S/C20H37N3O3/c1-3-4-5-6-7-8-9-10-11-12-13-14-15-16-20(26-18(2)25)19(17-24)22-23-21/h15-16,19-20,24H,3-14,17H2,1-2H3/b16-15+/t19-,20+/m0/s1. The van der Waals surface area contributed by atoms with Gasteiger partial charge in [0.25, 0.3) is 0 Å². The Bertz CT molecular complexity index is 421. The molecule has 0 saturated carbocycles. The third-order valence-corrected chi connectivity index (χ3v) is 4.37. The van der Waals surface area contributed by atoms with Gasteiger partial charge < -0.3 is 9.84 Å². The average Bonchev–Trinajstić information content (AvgIpc) is 2.62. The number of carbonyl (C=O) groups is 1. The molecule has 0 aliphatic carbocycles. The lowest BCUT2D eigenvalue weighted by Gasteiger charge is -2.18. The van der Waals surface area contributed by atoms with E-state index in [0.717, 1.165) is 12.8 Å². The Morgan fingerprint density at radius 3 is 2.08 bits per heavy atom. The lowest BCUT2D eigenvalue weighted by atomic mass is 10.0. The Balaban J connectivity index is 3.81. The zero-order chi connectivity index (χ0) is 19.5. The zero-order valence-electron chi connectivity index (χ0n) is 16.6. The first-order chi connectivity index (χ1) is 12.7. The predicted molar refractivity (Wildman–Crippen MR) is 106 cm³/mol. The number of aliphatic hydroxyl groups excluding tert-OH is 1. The van der Waals surface area contributed by atoms with Crippen LogP contribution < -0.4 is 0 Å². The topological polar surface area (TPSA) is 95.3 Å². The molecule has 0 aromatic carbocycles. The summed E-state index contributed by atoms with van der Waals surface area (Å²) in [6.45, 7) is 3.19. The molecule has 0 bridgehead atoms. The molecule has 150 valence electrons. The van der Waals surface area contributed by atoms with E-state index in [1.807, 2.05) is 6.08 Å². The fourth-order valence-corrected chi connectivity index (χ4v) is 2.87. The number of esters is 1. The van der Waals surface area contributed by atoms with Crippen molar-refractivity contribution in [1.82, 2.24) is 0 Å². The molecule has 0 spiro atoms. The van der Waals surface area contributed by atoms with Crippen molar-refractivity contribution in [3.63, 3.8) is 0 Å². The molecule has 1 N–H and O–H groups in total. The van der Waals surface area contributed by atoms with Crippen LogP contribution in [0.3, 0.4) is 0 Å². The zero-order valence-corrected chi connectivity index (χ0v) is 16.6. The summed E-state index contributed by atoms with van der Waals surface area (Å²) in [6, 6.07) is -0.780. The van der Waals surface area contributed by atoms with Gasteiger partial charge in [-0.3, -0.25) is 4.79 Å². The van der Waals surface area contributed by atoms with E-state index in [2.05, 4.69) is 16.9 Å². The lowest BCUT2D eigenvalue weighted by molar-refractivity contribution is -0.145. The van der Waals surface area contributed by atoms with E-state index < -0.39 is 18.1 Å². The Kier molecular flexibility index (Phi) is 17.2. The van der Waals surface area contributed by atoms with Crippen molar-refractivity contribution >= 4 is 5.97 Å². The molecule has 0 aromatic heterocycles. The first-order valence-corrected chi connectivity index (χ1v) is 10.1. The molecule has 0 radical (unpaired) electrons. The maximum atomic E-state index is 11.1. The maximum absolute atomic E-state index is 11.1. The number of ether oxygens (including phenoxy) is 1. The first-order valence-electron chi connectivity index (χ1n) is 10.1. The molecule has 0 heterocycles. The van der Waals surface area contributed by atoms with Crippen molar-refractivity contribution in [2.75, 3.05) is 6.61 Å². The number of nitrogens with zero attached hydrogens (tertiary/aromatic N) is 3. The fraction of sp³-hybridized carbons (Fsp3) is 0.850. The van der Waals surface area contributed by atoms with Crippen molar-refractivity contribution in [3.05, 3.63) is 22.6 Å². The molecule has 0 rings (SSSR count). The average molecular weight is 368 g/mol. The Labute approximate surface area is 158 Å². The van der Waals surface area contributed by atoms with Gasteiger partial charge in [-0.1, -0.05) is 82.3 Å². The minimum Gasteiger partial charge on any atom is -0.458 e. The van der Waals surface area contributed by atoms with Crippen LogP contribution in [0.25, 0.3) is 10.4 Å². The predicted octanol–water partition coefficient (Wildman–Crippen LogP) is 5.85. The Morgan fingerprint density at radius 1 is 1.08 bits per heavy atom. The number of aliphatic hydroxyl groups is 1. The number of allylic oxidation sites excluding steroid dienone is 1. The number of rotatable bonds is 17. The number of unbranched alkanes of at least 4 members (excludes halogenated alkanes) is 11. The quantitative estimate of drug-likeness (QED) is 0.0872. The van der Waals surface area contributed by atoms with Crippen LogP contribution >= 0.6 is 0 Å². The summed E-state index contributed by atoms with van der Waals surface area (Å²) in [5, 5.41) is 12.7. The van der Waals surface area contributed by atoms with E-state index in [1.54, 1.807) is 6.08 Å². The highest BCUT2D eigenvalue weighted by Crippen LogP contribution is 2.13. The van der Waals surface area contributed by atoms with Crippen LogP contribution in [0.15, 0.2) is 17.3 Å². The van der Waals surface area contributed by atoms with E-state index in [1.165, 1.54) is 71.1 Å². The van der Waals surface area contributed by atoms with E-state index >= 15 is 0 Å². The van der Waals surface area contributed by atoms with Crippen LogP contribution in [0, 0.1) is 0 Å². The van der Waals surface area contributed by atoms with Crippen molar-refractivity contribution in [2.24, 2.45) is 5.11 Å². The van der Waals surface area contributed by atoms with Crippen LogP contribution in [0.4, 0.5) is 0 Å². The van der Waals surface area contributed by atoms with Crippen LogP contribution in [-0.4, -0.2) is 29.8 Å². The van der Waals surface area contributed by atoms with Crippen molar-refractivity contribution in [2.45, 2.75) is 103 Å². The maximum Gasteiger partial charge on any atom is 0.303 e. The molecule has 0 fully saturated rings. The number of azide groups is 1. The van der Waals surface area contributed by atoms with Crippen LogP contribution in [-0.2, 0) is 9.53 Å².